The molecule has 0 unspecified atom stereocenters. The Morgan fingerprint density at radius 1 is 1.06 bits per heavy atom. The maximum atomic E-state index is 14.0. The lowest BCUT2D eigenvalue weighted by molar-refractivity contribution is -0.385. The predicted octanol–water partition coefficient (Wildman–Crippen LogP) is 4.15. The van der Waals surface area contributed by atoms with E-state index >= 15 is 0 Å². The number of carbonyl (C=O) groups excluding carboxylic acids is 1. The van der Waals surface area contributed by atoms with Gasteiger partial charge in [-0.3, -0.25) is 10.1 Å². The van der Waals surface area contributed by atoms with Gasteiger partial charge in [0.05, 0.1) is 41.1 Å². The average Bonchev–Trinajstić information content (AvgIpc) is 3.86. The molecule has 3 aliphatic rings. The zero-order valence-corrected chi connectivity index (χ0v) is 29.6. The van der Waals surface area contributed by atoms with Crippen LogP contribution in [0.2, 0.25) is 0 Å². The Bertz CT molecular complexity index is 1960. The van der Waals surface area contributed by atoms with E-state index in [0.29, 0.717) is 35.5 Å². The molecule has 17 nitrogen and oxygen atoms in total. The highest BCUT2D eigenvalue weighted by Gasteiger charge is 2.44. The standard InChI is InChI=1S/C35H39N3O14S/c1-20(2)16-37(53(45,46)23-8-10-30-31(15-23)50-19-49-30)17-28(39)26(36-34(40)51-32-18-48-33-25(32)11-12-47-33)13-21-5-3-4-6-24(21)22-7-9-29(52-35(41)42)27(14-22)38(43)44/h3-10,14-15,20,25-26,28,32-33,39H,11-13,16-19H2,1-2H3,(H,36,40)(H,41,42)/t25-,26-,28+,32-,33+/m0/s1. The number of amides is 1. The fraction of sp³-hybridized carbons (Fsp3) is 0.429. The monoisotopic (exact) mass is 757 g/mol. The molecule has 53 heavy (non-hydrogen) atoms. The first-order chi connectivity index (χ1) is 25.3. The van der Waals surface area contributed by atoms with Crippen LogP contribution in [0.15, 0.2) is 65.6 Å². The largest absolute Gasteiger partial charge is 0.511 e. The number of nitrogens with zero attached hydrogens (tertiary/aromatic N) is 2. The predicted molar refractivity (Wildman–Crippen MR) is 184 cm³/mol. The molecule has 18 heteroatoms. The van der Waals surface area contributed by atoms with Crippen molar-refractivity contribution >= 4 is 28.0 Å². The van der Waals surface area contributed by atoms with E-state index in [2.05, 4.69) is 10.1 Å². The summed E-state index contributed by atoms with van der Waals surface area (Å²) in [7, 11) is -4.21. The Balaban J connectivity index is 1.30. The lowest BCUT2D eigenvalue weighted by atomic mass is 9.93. The van der Waals surface area contributed by atoms with E-state index in [9.17, 15) is 33.2 Å². The van der Waals surface area contributed by atoms with Crippen LogP contribution in [0.5, 0.6) is 17.2 Å². The molecule has 3 N–H and O–H groups in total. The van der Waals surface area contributed by atoms with Crippen molar-refractivity contribution in [2.24, 2.45) is 11.8 Å². The van der Waals surface area contributed by atoms with Crippen LogP contribution in [0.1, 0.15) is 25.8 Å². The Kier molecular flexibility index (Phi) is 11.3. The molecule has 0 radical (unpaired) electrons. The third-order valence-electron chi connectivity index (χ3n) is 9.07. The molecular weight excluding hydrogens is 718 g/mol. The second kappa shape index (κ2) is 15.9. The van der Waals surface area contributed by atoms with Gasteiger partial charge < -0.3 is 44.0 Å². The van der Waals surface area contributed by atoms with Crippen molar-refractivity contribution in [2.45, 2.75) is 56.1 Å². The summed E-state index contributed by atoms with van der Waals surface area (Å²) in [5.74, 6) is -0.124. The van der Waals surface area contributed by atoms with Gasteiger partial charge in [-0.2, -0.15) is 4.31 Å². The zero-order chi connectivity index (χ0) is 37.9. The first kappa shape index (κ1) is 37.7. The molecule has 1 amide bonds. The number of nitro benzene ring substituents is 1. The fourth-order valence-corrected chi connectivity index (χ4v) is 8.22. The number of aliphatic hydroxyl groups excluding tert-OH is 1. The van der Waals surface area contributed by atoms with E-state index < -0.39 is 69.7 Å². The van der Waals surface area contributed by atoms with Crippen LogP contribution in [-0.4, -0.2) is 97.7 Å². The lowest BCUT2D eigenvalue weighted by Gasteiger charge is -2.31. The molecule has 3 aliphatic heterocycles. The van der Waals surface area contributed by atoms with Gasteiger partial charge in [0.15, 0.2) is 17.8 Å². The number of alkyl carbamates (subject to hydrolysis) is 1. The maximum Gasteiger partial charge on any atom is 0.511 e. The molecule has 284 valence electrons. The number of carboxylic acid groups (broad SMARTS) is 1. The minimum absolute atomic E-state index is 0.0263. The normalized spacial score (nSPS) is 20.2. The van der Waals surface area contributed by atoms with Crippen molar-refractivity contribution in [3.63, 3.8) is 0 Å². The highest BCUT2D eigenvalue weighted by Crippen LogP contribution is 2.37. The molecule has 0 aromatic heterocycles. The molecule has 2 fully saturated rings. The number of nitro groups is 1. The van der Waals surface area contributed by atoms with E-state index in [4.69, 9.17) is 28.8 Å². The Morgan fingerprint density at radius 2 is 1.83 bits per heavy atom. The van der Waals surface area contributed by atoms with Gasteiger partial charge in [-0.1, -0.05) is 44.2 Å². The molecule has 3 heterocycles. The molecule has 2 saturated heterocycles. The van der Waals surface area contributed by atoms with Crippen molar-refractivity contribution in [1.29, 1.82) is 0 Å². The van der Waals surface area contributed by atoms with Crippen LogP contribution < -0.4 is 19.5 Å². The van der Waals surface area contributed by atoms with Gasteiger partial charge in [-0.25, -0.2) is 18.0 Å². The minimum atomic E-state index is -4.21. The third-order valence-corrected chi connectivity index (χ3v) is 10.9. The topological polar surface area (TPSA) is 223 Å². The number of hydrogen-bond acceptors (Lipinski definition) is 13. The quantitative estimate of drug-likeness (QED) is 0.0910. The van der Waals surface area contributed by atoms with Gasteiger partial charge in [-0.15, -0.1) is 0 Å². The van der Waals surface area contributed by atoms with Crippen molar-refractivity contribution in [3.8, 4) is 28.4 Å². The van der Waals surface area contributed by atoms with Crippen molar-refractivity contribution in [2.75, 3.05) is 33.1 Å². The SMILES string of the molecule is CC(C)CN(C[C@@H](O)[C@H](Cc1ccccc1-c1ccc(OC(=O)O)c([N+](=O)[O-])c1)NC(=O)O[C@H]1CO[C@H]2OCC[C@H]21)S(=O)(=O)c1ccc2c(c1)OCO2. The number of nitrogens with one attached hydrogen (secondary N) is 1. The smallest absolute Gasteiger partial charge is 0.454 e. The Morgan fingerprint density at radius 3 is 2.58 bits per heavy atom. The van der Waals surface area contributed by atoms with Gasteiger partial charge in [0.25, 0.3) is 0 Å². The second-order valence-corrected chi connectivity index (χ2v) is 15.1. The zero-order valence-electron chi connectivity index (χ0n) is 28.8. The molecule has 3 aromatic carbocycles. The number of hydrogen-bond donors (Lipinski definition) is 3. The van der Waals surface area contributed by atoms with E-state index in [1.807, 2.05) is 13.8 Å². The summed E-state index contributed by atoms with van der Waals surface area (Å²) in [6, 6.07) is 13.6. The highest BCUT2D eigenvalue weighted by molar-refractivity contribution is 7.89. The summed E-state index contributed by atoms with van der Waals surface area (Å²) >= 11 is 0. The van der Waals surface area contributed by atoms with Crippen molar-refractivity contribution in [1.82, 2.24) is 9.62 Å². The summed E-state index contributed by atoms with van der Waals surface area (Å²) < 4.78 is 61.4. The van der Waals surface area contributed by atoms with Crippen LogP contribution in [-0.2, 0) is 30.7 Å². The molecule has 0 aliphatic carbocycles. The minimum Gasteiger partial charge on any atom is -0.454 e. The second-order valence-electron chi connectivity index (χ2n) is 13.2. The number of aliphatic hydroxyl groups is 1. The lowest BCUT2D eigenvalue weighted by Crippen LogP contribution is -2.51. The molecule has 0 spiro atoms. The maximum absolute atomic E-state index is 14.0. The molecule has 3 aromatic rings. The van der Waals surface area contributed by atoms with Gasteiger partial charge in [0.1, 0.15) is 6.10 Å². The van der Waals surface area contributed by atoms with Crippen LogP contribution in [0.3, 0.4) is 0 Å². The third kappa shape index (κ3) is 8.63. The van der Waals surface area contributed by atoms with E-state index in [-0.39, 0.29) is 48.8 Å². The number of benzene rings is 3. The molecule has 5 atom stereocenters. The van der Waals surface area contributed by atoms with Crippen LogP contribution in [0.25, 0.3) is 11.1 Å². The number of sulfonamides is 1. The molecular formula is C35H39N3O14S. The summed E-state index contributed by atoms with van der Waals surface area (Å²) in [6.07, 6.45) is -4.63. The molecule has 0 saturated carbocycles. The Labute approximate surface area is 304 Å². The Hall–Kier alpha value is -5.01. The number of ether oxygens (including phenoxy) is 6. The van der Waals surface area contributed by atoms with Crippen LogP contribution in [0.4, 0.5) is 15.3 Å². The average molecular weight is 758 g/mol. The number of rotatable bonds is 14. The van der Waals surface area contributed by atoms with Crippen molar-refractivity contribution < 1.29 is 61.6 Å². The van der Waals surface area contributed by atoms with Crippen LogP contribution >= 0.6 is 0 Å². The molecule has 0 bridgehead atoms. The van der Waals surface area contributed by atoms with E-state index in [0.717, 1.165) is 16.4 Å². The van der Waals surface area contributed by atoms with Crippen LogP contribution in [0, 0.1) is 22.0 Å². The summed E-state index contributed by atoms with van der Waals surface area (Å²) in [5, 5.41) is 35.5. The number of fused-ring (bicyclic) bond motifs is 2. The fourth-order valence-electron chi connectivity index (χ4n) is 6.58. The van der Waals surface area contributed by atoms with E-state index in [1.54, 1.807) is 24.3 Å². The van der Waals surface area contributed by atoms with Gasteiger partial charge in [-0.05, 0) is 53.6 Å². The first-order valence-corrected chi connectivity index (χ1v) is 18.3. The van der Waals surface area contributed by atoms with Crippen molar-refractivity contribution in [3.05, 3.63) is 76.3 Å². The first-order valence-electron chi connectivity index (χ1n) is 16.9. The summed E-state index contributed by atoms with van der Waals surface area (Å²) in [5.41, 5.74) is 0.708. The van der Waals surface area contributed by atoms with Gasteiger partial charge in [0.2, 0.25) is 22.6 Å². The molecule has 6 rings (SSSR count). The number of carbonyl (C=O) groups is 2. The highest BCUT2D eigenvalue weighted by atomic mass is 32.2. The van der Waals surface area contributed by atoms with Gasteiger partial charge in [0, 0.05) is 25.2 Å². The summed E-state index contributed by atoms with van der Waals surface area (Å²) in [4.78, 5) is 35.6. The van der Waals surface area contributed by atoms with E-state index in [1.165, 1.54) is 24.3 Å². The summed E-state index contributed by atoms with van der Waals surface area (Å²) in [6.45, 7) is 3.78. The van der Waals surface area contributed by atoms with Gasteiger partial charge >= 0.3 is 17.9 Å².